The van der Waals surface area contributed by atoms with Crippen molar-refractivity contribution in [1.82, 2.24) is 0 Å². The fourth-order valence-corrected chi connectivity index (χ4v) is 1.75. The molecule has 1 N–H and O–H groups in total. The van der Waals surface area contributed by atoms with E-state index in [2.05, 4.69) is 0 Å². The summed E-state index contributed by atoms with van der Waals surface area (Å²) in [5.74, 6) is 0.731. The van der Waals surface area contributed by atoms with Gasteiger partial charge in [-0.15, -0.1) is 0 Å². The molecule has 1 aliphatic carbocycles. The van der Waals surface area contributed by atoms with Crippen molar-refractivity contribution in [3.63, 3.8) is 0 Å². The average Bonchev–Trinajstić information content (AvgIpc) is 2.55. The van der Waals surface area contributed by atoms with Gasteiger partial charge in [-0.3, -0.25) is 0 Å². The molecule has 2 nitrogen and oxygen atoms in total. The van der Waals surface area contributed by atoms with Crippen LogP contribution in [0.4, 0.5) is 0 Å². The Morgan fingerprint density at radius 3 is 2.64 bits per heavy atom. The molecule has 0 unspecified atom stereocenters. The monoisotopic (exact) mass is 152 g/mol. The number of furan rings is 1. The van der Waals surface area contributed by atoms with Crippen LogP contribution < -0.4 is 0 Å². The lowest BCUT2D eigenvalue weighted by Gasteiger charge is -2.18. The third-order valence-electron chi connectivity index (χ3n) is 2.41. The Morgan fingerprint density at radius 1 is 1.36 bits per heavy atom. The van der Waals surface area contributed by atoms with E-state index in [9.17, 15) is 5.11 Å². The van der Waals surface area contributed by atoms with E-state index in [0.717, 1.165) is 31.4 Å². The lowest BCUT2D eigenvalue weighted by Crippen LogP contribution is -2.19. The first-order valence-corrected chi connectivity index (χ1v) is 4.08. The summed E-state index contributed by atoms with van der Waals surface area (Å²) in [4.78, 5) is 0. The minimum absolute atomic E-state index is 0.649. The van der Waals surface area contributed by atoms with Gasteiger partial charge in [0.05, 0.1) is 6.26 Å². The second kappa shape index (κ2) is 2.38. The molecule has 0 spiro atoms. The highest BCUT2D eigenvalue weighted by atomic mass is 16.4. The molecule has 0 radical (unpaired) electrons. The third-order valence-corrected chi connectivity index (χ3v) is 2.41. The van der Waals surface area contributed by atoms with E-state index >= 15 is 0 Å². The molecule has 1 aromatic rings. The summed E-state index contributed by atoms with van der Waals surface area (Å²) in [6, 6.07) is 3.68. The number of hydrogen-bond acceptors (Lipinski definition) is 2. The molecular formula is C9H12O2. The van der Waals surface area contributed by atoms with E-state index < -0.39 is 5.60 Å². The zero-order valence-corrected chi connectivity index (χ0v) is 6.42. The third kappa shape index (κ3) is 1.07. The SMILES string of the molecule is OC1(c2ccco2)CCCC1. The van der Waals surface area contributed by atoms with Gasteiger partial charge in [-0.1, -0.05) is 0 Å². The molecule has 1 aromatic heterocycles. The van der Waals surface area contributed by atoms with E-state index in [1.165, 1.54) is 0 Å². The molecule has 2 rings (SSSR count). The van der Waals surface area contributed by atoms with Crippen LogP contribution in [0.2, 0.25) is 0 Å². The van der Waals surface area contributed by atoms with Crippen molar-refractivity contribution in [2.75, 3.05) is 0 Å². The largest absolute Gasteiger partial charge is 0.466 e. The second-order valence-corrected chi connectivity index (χ2v) is 3.22. The number of rotatable bonds is 1. The van der Waals surface area contributed by atoms with Gasteiger partial charge in [-0.2, -0.15) is 0 Å². The summed E-state index contributed by atoms with van der Waals surface area (Å²) in [7, 11) is 0. The summed E-state index contributed by atoms with van der Waals surface area (Å²) in [5, 5.41) is 9.96. The predicted molar refractivity (Wildman–Crippen MR) is 41.1 cm³/mol. The highest BCUT2D eigenvalue weighted by molar-refractivity contribution is 5.10. The normalized spacial score (nSPS) is 22.3. The molecule has 0 aromatic carbocycles. The highest BCUT2D eigenvalue weighted by Crippen LogP contribution is 2.38. The minimum Gasteiger partial charge on any atom is -0.466 e. The molecule has 11 heavy (non-hydrogen) atoms. The van der Waals surface area contributed by atoms with Crippen LogP contribution in [0, 0.1) is 0 Å². The van der Waals surface area contributed by atoms with Crippen molar-refractivity contribution in [2.24, 2.45) is 0 Å². The molecule has 1 fully saturated rings. The lowest BCUT2D eigenvalue weighted by atomic mass is 10.00. The van der Waals surface area contributed by atoms with Gasteiger partial charge in [0.15, 0.2) is 0 Å². The van der Waals surface area contributed by atoms with Gasteiger partial charge in [0, 0.05) is 0 Å². The second-order valence-electron chi connectivity index (χ2n) is 3.22. The van der Waals surface area contributed by atoms with Crippen molar-refractivity contribution >= 4 is 0 Å². The molecule has 0 amide bonds. The molecule has 60 valence electrons. The smallest absolute Gasteiger partial charge is 0.135 e. The zero-order chi connectivity index (χ0) is 7.73. The number of aliphatic hydroxyl groups is 1. The highest BCUT2D eigenvalue weighted by Gasteiger charge is 2.35. The van der Waals surface area contributed by atoms with Crippen LogP contribution in [0.15, 0.2) is 22.8 Å². The molecule has 1 saturated carbocycles. The van der Waals surface area contributed by atoms with Crippen molar-refractivity contribution in [2.45, 2.75) is 31.3 Å². The van der Waals surface area contributed by atoms with Crippen molar-refractivity contribution < 1.29 is 9.52 Å². The molecule has 0 bridgehead atoms. The maximum absolute atomic E-state index is 9.96. The Kier molecular flexibility index (Phi) is 1.50. The molecule has 2 heteroatoms. The van der Waals surface area contributed by atoms with Crippen LogP contribution in [-0.4, -0.2) is 5.11 Å². The van der Waals surface area contributed by atoms with Gasteiger partial charge < -0.3 is 9.52 Å². The van der Waals surface area contributed by atoms with Crippen LogP contribution in [0.1, 0.15) is 31.4 Å². The van der Waals surface area contributed by atoms with Crippen molar-refractivity contribution in [1.29, 1.82) is 0 Å². The predicted octanol–water partition coefficient (Wildman–Crippen LogP) is 2.04. The molecular weight excluding hydrogens is 140 g/mol. The molecule has 0 saturated heterocycles. The Labute approximate surface area is 65.8 Å². The summed E-state index contributed by atoms with van der Waals surface area (Å²) < 4.78 is 5.17. The van der Waals surface area contributed by atoms with Gasteiger partial charge in [0.1, 0.15) is 11.4 Å². The Hall–Kier alpha value is -0.760. The Balaban J connectivity index is 2.27. The van der Waals surface area contributed by atoms with E-state index in [-0.39, 0.29) is 0 Å². The van der Waals surface area contributed by atoms with Gasteiger partial charge in [0.2, 0.25) is 0 Å². The Morgan fingerprint density at radius 2 is 2.09 bits per heavy atom. The van der Waals surface area contributed by atoms with Crippen molar-refractivity contribution in [3.8, 4) is 0 Å². The first kappa shape index (κ1) is 6.92. The van der Waals surface area contributed by atoms with Gasteiger partial charge >= 0.3 is 0 Å². The van der Waals surface area contributed by atoms with E-state index in [0.29, 0.717) is 0 Å². The number of hydrogen-bond donors (Lipinski definition) is 1. The van der Waals surface area contributed by atoms with Crippen molar-refractivity contribution in [3.05, 3.63) is 24.2 Å². The fraction of sp³-hybridized carbons (Fsp3) is 0.556. The Bertz CT molecular complexity index is 220. The first-order valence-electron chi connectivity index (χ1n) is 4.08. The topological polar surface area (TPSA) is 33.4 Å². The summed E-state index contributed by atoms with van der Waals surface area (Å²) in [6.07, 6.45) is 5.53. The summed E-state index contributed by atoms with van der Waals surface area (Å²) in [6.45, 7) is 0. The first-order chi connectivity index (χ1) is 5.31. The zero-order valence-electron chi connectivity index (χ0n) is 6.42. The van der Waals surface area contributed by atoms with Crippen LogP contribution in [0.5, 0.6) is 0 Å². The molecule has 1 aliphatic rings. The van der Waals surface area contributed by atoms with E-state index in [1.807, 2.05) is 12.1 Å². The quantitative estimate of drug-likeness (QED) is 0.668. The summed E-state index contributed by atoms with van der Waals surface area (Å²) in [5.41, 5.74) is -0.649. The van der Waals surface area contributed by atoms with Gasteiger partial charge in [-0.25, -0.2) is 0 Å². The summed E-state index contributed by atoms with van der Waals surface area (Å²) >= 11 is 0. The maximum atomic E-state index is 9.96. The molecule has 0 atom stereocenters. The van der Waals surface area contributed by atoms with E-state index in [1.54, 1.807) is 6.26 Å². The van der Waals surface area contributed by atoms with Crippen LogP contribution in [0.25, 0.3) is 0 Å². The lowest BCUT2D eigenvalue weighted by molar-refractivity contribution is 0.0220. The fourth-order valence-electron chi connectivity index (χ4n) is 1.75. The van der Waals surface area contributed by atoms with E-state index in [4.69, 9.17) is 4.42 Å². The standard InChI is InChI=1S/C9H12O2/c10-9(5-1-2-6-9)8-4-3-7-11-8/h3-4,7,10H,1-2,5-6H2. The molecule has 0 aliphatic heterocycles. The van der Waals surface area contributed by atoms with Crippen LogP contribution >= 0.6 is 0 Å². The maximum Gasteiger partial charge on any atom is 0.135 e. The average molecular weight is 152 g/mol. The van der Waals surface area contributed by atoms with Crippen LogP contribution in [-0.2, 0) is 5.60 Å². The van der Waals surface area contributed by atoms with Gasteiger partial charge in [0.25, 0.3) is 0 Å². The minimum atomic E-state index is -0.649. The van der Waals surface area contributed by atoms with Crippen LogP contribution in [0.3, 0.4) is 0 Å². The molecule has 1 heterocycles. The van der Waals surface area contributed by atoms with Gasteiger partial charge in [-0.05, 0) is 37.8 Å².